The summed E-state index contributed by atoms with van der Waals surface area (Å²) in [7, 11) is 0. The third kappa shape index (κ3) is 3.64. The first kappa shape index (κ1) is 18.0. The van der Waals surface area contributed by atoms with Crippen LogP contribution < -0.4 is 10.6 Å². The Bertz CT molecular complexity index is 1120. The molecule has 10 nitrogen and oxygen atoms in total. The molecule has 0 unspecified atom stereocenters. The molecule has 0 saturated carbocycles. The highest BCUT2D eigenvalue weighted by Crippen LogP contribution is 2.20. The maximum Gasteiger partial charge on any atom is 0.259 e. The van der Waals surface area contributed by atoms with Gasteiger partial charge in [0.05, 0.1) is 12.8 Å². The molecule has 0 aromatic carbocycles. The van der Waals surface area contributed by atoms with E-state index in [9.17, 15) is 0 Å². The average Bonchev–Trinajstić information content (AvgIpc) is 3.41. The zero-order valence-corrected chi connectivity index (χ0v) is 16.3. The van der Waals surface area contributed by atoms with Crippen LogP contribution in [0.5, 0.6) is 0 Å². The average molecular weight is 415 g/mol. The Hall–Kier alpha value is -3.11. The maximum absolute atomic E-state index is 6.12. The van der Waals surface area contributed by atoms with Crippen molar-refractivity contribution in [3.8, 4) is 11.6 Å². The number of anilines is 2. The second-order valence-corrected chi connectivity index (χ2v) is 7.20. The van der Waals surface area contributed by atoms with Crippen molar-refractivity contribution < 1.29 is 8.83 Å². The monoisotopic (exact) mass is 414 g/mol. The highest BCUT2D eigenvalue weighted by molar-refractivity contribution is 6.28. The van der Waals surface area contributed by atoms with E-state index < -0.39 is 0 Å². The topological polar surface area (TPSA) is 115 Å². The number of hydrogen-bond donors (Lipinski definition) is 1. The standard InChI is InChI=1S/C18H19ClN8O2/c19-14-5-4-12(29-14)11-25-6-2-7-26(9-8-25)17-22-16(20)27-18(23-17)21-15(24-27)13-3-1-10-28-13/h1,3-5,10H,2,6-9,11H2,(H2,20,21,22,23,24). The Morgan fingerprint density at radius 2 is 2.00 bits per heavy atom. The lowest BCUT2D eigenvalue weighted by atomic mass is 10.3. The number of nitrogens with zero attached hydrogens (tertiary/aromatic N) is 7. The van der Waals surface area contributed by atoms with Crippen LogP contribution >= 0.6 is 11.6 Å². The lowest BCUT2D eigenvalue weighted by Gasteiger charge is -2.21. The summed E-state index contributed by atoms with van der Waals surface area (Å²) in [5, 5.41) is 4.75. The van der Waals surface area contributed by atoms with E-state index in [1.54, 1.807) is 24.5 Å². The Labute approximate surface area is 170 Å². The molecule has 4 aromatic heterocycles. The molecule has 1 aliphatic rings. The summed E-state index contributed by atoms with van der Waals surface area (Å²) in [6.45, 7) is 4.10. The fraction of sp³-hybridized carbons (Fsp3) is 0.333. The Morgan fingerprint density at radius 1 is 1.07 bits per heavy atom. The third-order valence-corrected chi connectivity index (χ3v) is 5.05. The molecule has 4 aromatic rings. The van der Waals surface area contributed by atoms with Crippen LogP contribution in [0, 0.1) is 0 Å². The lowest BCUT2D eigenvalue weighted by Crippen LogP contribution is -2.31. The predicted molar refractivity (Wildman–Crippen MR) is 107 cm³/mol. The van der Waals surface area contributed by atoms with Crippen molar-refractivity contribution >= 4 is 29.3 Å². The number of fused-ring (bicyclic) bond motifs is 1. The van der Waals surface area contributed by atoms with Crippen LogP contribution in [0.2, 0.25) is 5.22 Å². The largest absolute Gasteiger partial charge is 0.461 e. The van der Waals surface area contributed by atoms with Crippen LogP contribution in [0.1, 0.15) is 12.2 Å². The number of rotatable bonds is 4. The molecule has 1 aliphatic heterocycles. The molecule has 2 N–H and O–H groups in total. The normalized spacial score (nSPS) is 15.8. The first-order chi connectivity index (χ1) is 14.2. The van der Waals surface area contributed by atoms with Gasteiger partial charge in [-0.25, -0.2) is 0 Å². The van der Waals surface area contributed by atoms with Gasteiger partial charge in [-0.15, -0.1) is 5.10 Å². The highest BCUT2D eigenvalue weighted by atomic mass is 35.5. The SMILES string of the molecule is Nc1nc(N2CCCN(Cc3ccc(Cl)o3)CC2)nc2nc(-c3ccco3)nn12. The Balaban J connectivity index is 1.35. The Morgan fingerprint density at radius 3 is 2.79 bits per heavy atom. The smallest absolute Gasteiger partial charge is 0.259 e. The summed E-state index contributed by atoms with van der Waals surface area (Å²) >= 11 is 5.87. The van der Waals surface area contributed by atoms with Gasteiger partial charge < -0.3 is 19.5 Å². The number of halogens is 1. The first-order valence-corrected chi connectivity index (χ1v) is 9.69. The van der Waals surface area contributed by atoms with Crippen LogP contribution in [-0.4, -0.2) is 55.6 Å². The zero-order chi connectivity index (χ0) is 19.8. The molecule has 0 atom stereocenters. The van der Waals surface area contributed by atoms with Gasteiger partial charge in [0.15, 0.2) is 11.0 Å². The van der Waals surface area contributed by atoms with E-state index in [4.69, 9.17) is 26.2 Å². The summed E-state index contributed by atoms with van der Waals surface area (Å²) in [6, 6.07) is 7.24. The first-order valence-electron chi connectivity index (χ1n) is 9.31. The number of nitrogen functional groups attached to an aromatic ring is 1. The Kier molecular flexibility index (Phi) is 4.57. The zero-order valence-electron chi connectivity index (χ0n) is 15.5. The molecule has 0 bridgehead atoms. The van der Waals surface area contributed by atoms with E-state index in [2.05, 4.69) is 29.9 Å². The summed E-state index contributed by atoms with van der Waals surface area (Å²) in [4.78, 5) is 17.9. The summed E-state index contributed by atoms with van der Waals surface area (Å²) < 4.78 is 12.3. The van der Waals surface area contributed by atoms with Crippen molar-refractivity contribution in [2.45, 2.75) is 13.0 Å². The summed E-state index contributed by atoms with van der Waals surface area (Å²) in [5.41, 5.74) is 6.12. The van der Waals surface area contributed by atoms with Crippen LogP contribution in [0.4, 0.5) is 11.9 Å². The number of nitrogens with two attached hydrogens (primary N) is 1. The van der Waals surface area contributed by atoms with E-state index in [0.717, 1.165) is 44.9 Å². The summed E-state index contributed by atoms with van der Waals surface area (Å²) in [6.07, 6.45) is 2.54. The number of hydrogen-bond acceptors (Lipinski definition) is 9. The van der Waals surface area contributed by atoms with E-state index in [0.29, 0.717) is 28.5 Å². The van der Waals surface area contributed by atoms with Gasteiger partial charge in [0.1, 0.15) is 5.76 Å². The fourth-order valence-corrected chi connectivity index (χ4v) is 3.59. The van der Waals surface area contributed by atoms with Crippen molar-refractivity contribution in [2.75, 3.05) is 36.8 Å². The van der Waals surface area contributed by atoms with Crippen molar-refractivity contribution in [1.29, 1.82) is 0 Å². The molecule has 0 spiro atoms. The lowest BCUT2D eigenvalue weighted by molar-refractivity contribution is 0.260. The minimum atomic E-state index is 0.238. The van der Waals surface area contributed by atoms with E-state index in [1.807, 2.05) is 6.07 Å². The van der Waals surface area contributed by atoms with Gasteiger partial charge in [0, 0.05) is 26.2 Å². The molecular weight excluding hydrogens is 396 g/mol. The molecule has 5 heterocycles. The number of aromatic nitrogens is 5. The second kappa shape index (κ2) is 7.37. The van der Waals surface area contributed by atoms with Crippen LogP contribution in [0.15, 0.2) is 39.4 Å². The second-order valence-electron chi connectivity index (χ2n) is 6.83. The predicted octanol–water partition coefficient (Wildman–Crippen LogP) is 2.32. The minimum absolute atomic E-state index is 0.238. The van der Waals surface area contributed by atoms with E-state index >= 15 is 0 Å². The molecule has 5 rings (SSSR count). The van der Waals surface area contributed by atoms with Crippen LogP contribution in [0.3, 0.4) is 0 Å². The fourth-order valence-electron chi connectivity index (χ4n) is 3.43. The van der Waals surface area contributed by atoms with Crippen molar-refractivity contribution in [1.82, 2.24) is 29.5 Å². The van der Waals surface area contributed by atoms with Gasteiger partial charge in [-0.1, -0.05) is 0 Å². The van der Waals surface area contributed by atoms with Crippen LogP contribution in [-0.2, 0) is 6.54 Å². The summed E-state index contributed by atoms with van der Waals surface area (Å²) in [5.74, 6) is 3.02. The third-order valence-electron chi connectivity index (χ3n) is 4.84. The molecule has 0 radical (unpaired) electrons. The quantitative estimate of drug-likeness (QED) is 0.537. The molecule has 0 amide bonds. The molecule has 150 valence electrons. The number of furan rings is 2. The van der Waals surface area contributed by atoms with E-state index in [-0.39, 0.29) is 5.95 Å². The van der Waals surface area contributed by atoms with Gasteiger partial charge in [-0.2, -0.15) is 19.5 Å². The van der Waals surface area contributed by atoms with E-state index in [1.165, 1.54) is 4.52 Å². The minimum Gasteiger partial charge on any atom is -0.461 e. The maximum atomic E-state index is 6.12. The van der Waals surface area contributed by atoms with Gasteiger partial charge >= 0.3 is 0 Å². The molecule has 29 heavy (non-hydrogen) atoms. The van der Waals surface area contributed by atoms with Crippen LogP contribution in [0.25, 0.3) is 17.4 Å². The van der Waals surface area contributed by atoms with Gasteiger partial charge in [0.25, 0.3) is 5.78 Å². The molecular formula is C18H19ClN8O2. The highest BCUT2D eigenvalue weighted by Gasteiger charge is 2.21. The van der Waals surface area contributed by atoms with Crippen molar-refractivity contribution in [3.05, 3.63) is 41.5 Å². The molecule has 1 fully saturated rings. The van der Waals surface area contributed by atoms with Gasteiger partial charge in [0.2, 0.25) is 17.7 Å². The van der Waals surface area contributed by atoms with Crippen molar-refractivity contribution in [3.63, 3.8) is 0 Å². The van der Waals surface area contributed by atoms with Gasteiger partial charge in [-0.05, 0) is 42.3 Å². The molecule has 0 aliphatic carbocycles. The van der Waals surface area contributed by atoms with Gasteiger partial charge in [-0.3, -0.25) is 4.90 Å². The van der Waals surface area contributed by atoms with Crippen molar-refractivity contribution in [2.24, 2.45) is 0 Å². The molecule has 1 saturated heterocycles. The molecule has 11 heteroatoms.